The lowest BCUT2D eigenvalue weighted by molar-refractivity contribution is -0.109. The minimum absolute atomic E-state index is 0.00517. The van der Waals surface area contributed by atoms with Crippen molar-refractivity contribution in [3.05, 3.63) is 153 Å². The van der Waals surface area contributed by atoms with Gasteiger partial charge in [-0.2, -0.15) is 0 Å². The number of nitrogens with zero attached hydrogens (tertiary/aromatic N) is 1. The fourth-order valence-electron chi connectivity index (χ4n) is 5.10. The van der Waals surface area contributed by atoms with Gasteiger partial charge in [0.25, 0.3) is 5.56 Å². The lowest BCUT2D eigenvalue weighted by atomic mass is 9.80. The van der Waals surface area contributed by atoms with Crippen LogP contribution in [0.3, 0.4) is 0 Å². The Balaban J connectivity index is 1.56. The highest BCUT2D eigenvalue weighted by molar-refractivity contribution is 5.47. The van der Waals surface area contributed by atoms with E-state index >= 15 is 0 Å². The number of benzene rings is 3. The molecule has 1 saturated heterocycles. The summed E-state index contributed by atoms with van der Waals surface area (Å²) >= 11 is 0. The van der Waals surface area contributed by atoms with Gasteiger partial charge in [-0.3, -0.25) is 14.3 Å². The number of hydrogen-bond acceptors (Lipinski definition) is 5. The van der Waals surface area contributed by atoms with Gasteiger partial charge in [0.1, 0.15) is 23.5 Å². The summed E-state index contributed by atoms with van der Waals surface area (Å²) in [7, 11) is 0. The van der Waals surface area contributed by atoms with Crippen LogP contribution in [0, 0.1) is 6.92 Å². The first-order chi connectivity index (χ1) is 18.4. The van der Waals surface area contributed by atoms with E-state index in [2.05, 4.69) is 11.6 Å². The summed E-state index contributed by atoms with van der Waals surface area (Å²) in [5.74, 6) is 0. The second-order valence-electron chi connectivity index (χ2n) is 9.55. The predicted octanol–water partition coefficient (Wildman–Crippen LogP) is 4.06. The topological polar surface area (TPSA) is 93.6 Å². The van der Waals surface area contributed by atoms with Crippen LogP contribution in [0.15, 0.2) is 119 Å². The number of nitrogens with one attached hydrogen (secondary N) is 1. The van der Waals surface area contributed by atoms with E-state index in [1.165, 1.54) is 16.8 Å². The van der Waals surface area contributed by atoms with Crippen LogP contribution in [0.5, 0.6) is 0 Å². The Morgan fingerprint density at radius 3 is 1.97 bits per heavy atom. The van der Waals surface area contributed by atoms with Gasteiger partial charge in [-0.1, -0.05) is 97.1 Å². The Hall–Kier alpha value is -4.04. The molecule has 7 nitrogen and oxygen atoms in total. The average Bonchev–Trinajstić information content (AvgIpc) is 3.29. The summed E-state index contributed by atoms with van der Waals surface area (Å²) in [6.45, 7) is 5.44. The Kier molecular flexibility index (Phi) is 6.99. The molecular weight excluding hydrogens is 480 g/mol. The first-order valence-corrected chi connectivity index (χ1v) is 12.5. The molecule has 2 N–H and O–H groups in total. The van der Waals surface area contributed by atoms with Gasteiger partial charge in [0.05, 0.1) is 6.61 Å². The van der Waals surface area contributed by atoms with Crippen LogP contribution < -0.4 is 11.2 Å². The summed E-state index contributed by atoms with van der Waals surface area (Å²) in [4.78, 5) is 26.7. The van der Waals surface area contributed by atoms with Gasteiger partial charge in [-0.15, -0.1) is 6.58 Å². The van der Waals surface area contributed by atoms with Crippen LogP contribution in [0.2, 0.25) is 0 Å². The van der Waals surface area contributed by atoms with Crippen molar-refractivity contribution in [3.63, 3.8) is 0 Å². The molecule has 38 heavy (non-hydrogen) atoms. The minimum Gasteiger partial charge on any atom is -0.383 e. The third kappa shape index (κ3) is 4.56. The number of aromatic amines is 1. The number of aryl methyl sites for hydroxylation is 1. The third-order valence-corrected chi connectivity index (χ3v) is 7.18. The molecule has 0 saturated carbocycles. The van der Waals surface area contributed by atoms with Crippen LogP contribution in [-0.2, 0) is 15.1 Å². The largest absolute Gasteiger partial charge is 0.383 e. The monoisotopic (exact) mass is 510 g/mol. The number of ether oxygens (including phenoxy) is 2. The Morgan fingerprint density at radius 2 is 1.50 bits per heavy atom. The molecule has 1 aromatic heterocycles. The van der Waals surface area contributed by atoms with Gasteiger partial charge in [0, 0.05) is 18.2 Å². The lowest BCUT2D eigenvalue weighted by Crippen LogP contribution is -2.43. The standard InChI is InChI=1S/C31H30N2O5/c1-3-30(36)19-27(33-20-22(2)28(34)32-29(33)35)38-26(30)21-37-31(23-13-7-4-8-14-23,24-15-9-5-10-16-24)25-17-11-6-12-18-25/h3-18,20,26-27,36H,1,19,21H2,2H3,(H,32,34,35)/t26-,27-,30-/m1/s1. The van der Waals surface area contributed by atoms with E-state index in [0.29, 0.717) is 5.56 Å². The maximum absolute atomic E-state index is 12.5. The zero-order valence-corrected chi connectivity index (χ0v) is 21.1. The zero-order valence-electron chi connectivity index (χ0n) is 21.1. The molecule has 0 unspecified atom stereocenters. The maximum atomic E-state index is 12.5. The highest BCUT2D eigenvalue weighted by atomic mass is 16.6. The summed E-state index contributed by atoms with van der Waals surface area (Å²) in [5, 5.41) is 11.5. The fraction of sp³-hybridized carbons (Fsp3) is 0.226. The highest BCUT2D eigenvalue weighted by Crippen LogP contribution is 2.43. The minimum atomic E-state index is -1.47. The maximum Gasteiger partial charge on any atom is 0.330 e. The SMILES string of the molecule is C=C[C@@]1(O)C[C@H](n2cc(C)c(=O)[nH]c2=O)O[C@@H]1COC(c1ccccc1)(c1ccccc1)c1ccccc1. The van der Waals surface area contributed by atoms with Gasteiger partial charge < -0.3 is 14.6 Å². The molecule has 4 aromatic rings. The van der Waals surface area contributed by atoms with E-state index in [9.17, 15) is 14.7 Å². The van der Waals surface area contributed by atoms with Gasteiger partial charge in [0.15, 0.2) is 0 Å². The molecule has 0 radical (unpaired) electrons. The van der Waals surface area contributed by atoms with Crippen molar-refractivity contribution >= 4 is 0 Å². The van der Waals surface area contributed by atoms with E-state index < -0.39 is 34.8 Å². The van der Waals surface area contributed by atoms with Gasteiger partial charge in [-0.25, -0.2) is 4.79 Å². The number of H-pyrrole nitrogens is 1. The van der Waals surface area contributed by atoms with Crippen molar-refractivity contribution < 1.29 is 14.6 Å². The van der Waals surface area contributed by atoms with E-state index in [1.54, 1.807) is 6.92 Å². The Morgan fingerprint density at radius 1 is 1.00 bits per heavy atom. The average molecular weight is 511 g/mol. The van der Waals surface area contributed by atoms with Crippen molar-refractivity contribution in [1.82, 2.24) is 9.55 Å². The van der Waals surface area contributed by atoms with Crippen molar-refractivity contribution in [3.8, 4) is 0 Å². The molecule has 1 aliphatic rings. The van der Waals surface area contributed by atoms with Crippen molar-refractivity contribution in [2.45, 2.75) is 36.9 Å². The van der Waals surface area contributed by atoms with Crippen LogP contribution in [0.1, 0.15) is 34.9 Å². The lowest BCUT2D eigenvalue weighted by Gasteiger charge is -2.37. The van der Waals surface area contributed by atoms with Crippen LogP contribution in [0.25, 0.3) is 0 Å². The first-order valence-electron chi connectivity index (χ1n) is 12.5. The summed E-state index contributed by atoms with van der Waals surface area (Å²) in [6, 6.07) is 29.7. The van der Waals surface area contributed by atoms with E-state index in [0.717, 1.165) is 16.7 Å². The first kappa shape index (κ1) is 25.6. The van der Waals surface area contributed by atoms with Crippen LogP contribution in [-0.4, -0.2) is 33.0 Å². The summed E-state index contributed by atoms with van der Waals surface area (Å²) < 4.78 is 14.4. The fourth-order valence-corrected chi connectivity index (χ4v) is 5.10. The van der Waals surface area contributed by atoms with Crippen molar-refractivity contribution in [2.24, 2.45) is 0 Å². The van der Waals surface area contributed by atoms with Gasteiger partial charge in [0.2, 0.25) is 0 Å². The molecule has 1 aliphatic heterocycles. The molecule has 0 aliphatic carbocycles. The van der Waals surface area contributed by atoms with E-state index in [1.807, 2.05) is 91.0 Å². The van der Waals surface area contributed by atoms with Crippen molar-refractivity contribution in [2.75, 3.05) is 6.61 Å². The van der Waals surface area contributed by atoms with E-state index in [4.69, 9.17) is 9.47 Å². The summed E-state index contributed by atoms with van der Waals surface area (Å²) in [6.07, 6.45) is 1.31. The zero-order chi connectivity index (χ0) is 26.8. The van der Waals surface area contributed by atoms with E-state index in [-0.39, 0.29) is 13.0 Å². The number of aliphatic hydroxyl groups is 1. The second kappa shape index (κ2) is 10.4. The van der Waals surface area contributed by atoms with Crippen LogP contribution in [0.4, 0.5) is 0 Å². The molecule has 5 rings (SSSR count). The summed E-state index contributed by atoms with van der Waals surface area (Å²) in [5.41, 5.74) is -0.411. The molecule has 0 amide bonds. The quantitative estimate of drug-likeness (QED) is 0.276. The van der Waals surface area contributed by atoms with Crippen LogP contribution >= 0.6 is 0 Å². The van der Waals surface area contributed by atoms with Crippen molar-refractivity contribution in [1.29, 1.82) is 0 Å². The highest BCUT2D eigenvalue weighted by Gasteiger charge is 2.48. The third-order valence-electron chi connectivity index (χ3n) is 7.18. The molecule has 2 heterocycles. The molecular formula is C31H30N2O5. The predicted molar refractivity (Wildman–Crippen MR) is 145 cm³/mol. The number of hydrogen-bond donors (Lipinski definition) is 2. The molecule has 194 valence electrons. The second-order valence-corrected chi connectivity index (χ2v) is 9.55. The molecule has 3 aromatic carbocycles. The molecule has 0 spiro atoms. The molecule has 3 atom stereocenters. The number of aromatic nitrogens is 2. The normalized spacial score (nSPS) is 21.3. The molecule has 1 fully saturated rings. The van der Waals surface area contributed by atoms with Gasteiger partial charge >= 0.3 is 5.69 Å². The molecule has 0 bridgehead atoms. The van der Waals surface area contributed by atoms with Gasteiger partial charge in [-0.05, 0) is 23.6 Å². The molecule has 7 heteroatoms. The Labute approximate surface area is 220 Å². The Bertz CT molecular complexity index is 1420. The number of rotatable bonds is 8. The smallest absolute Gasteiger partial charge is 0.330 e.